The van der Waals surface area contributed by atoms with Gasteiger partial charge in [0.2, 0.25) is 0 Å². The summed E-state index contributed by atoms with van der Waals surface area (Å²) in [7, 11) is 0. The topological polar surface area (TPSA) is 81.3 Å². The molecule has 1 unspecified atom stereocenters. The van der Waals surface area contributed by atoms with E-state index in [1.54, 1.807) is 11.1 Å². The molecule has 0 radical (unpaired) electrons. The molecule has 1 aliphatic carbocycles. The van der Waals surface area contributed by atoms with Crippen molar-refractivity contribution in [1.29, 1.82) is 0 Å². The van der Waals surface area contributed by atoms with Crippen molar-refractivity contribution in [3.05, 3.63) is 87.5 Å². The Morgan fingerprint density at radius 3 is 2.36 bits per heavy atom. The van der Waals surface area contributed by atoms with Gasteiger partial charge in [-0.1, -0.05) is 77.3 Å². The van der Waals surface area contributed by atoms with Crippen molar-refractivity contribution in [3.8, 4) is 11.8 Å². The summed E-state index contributed by atoms with van der Waals surface area (Å²) in [6.45, 7) is 18.8. The first-order valence-corrected chi connectivity index (χ1v) is 16.4. The van der Waals surface area contributed by atoms with E-state index in [2.05, 4.69) is 111 Å². The van der Waals surface area contributed by atoms with E-state index in [0.717, 1.165) is 53.8 Å². The molecule has 0 bridgehead atoms. The quantitative estimate of drug-likeness (QED) is 0.214. The lowest BCUT2D eigenvalue weighted by molar-refractivity contribution is 0.256. The highest BCUT2D eigenvalue weighted by atomic mass is 16.2. The van der Waals surface area contributed by atoms with Gasteiger partial charge in [0.05, 0.1) is 5.41 Å². The molecule has 2 aromatic heterocycles. The molecule has 45 heavy (non-hydrogen) atoms. The lowest BCUT2D eigenvalue weighted by atomic mass is 9.72. The van der Waals surface area contributed by atoms with Crippen molar-refractivity contribution in [1.82, 2.24) is 14.9 Å². The number of para-hydroxylation sites is 1. The maximum Gasteiger partial charge on any atom is 0.326 e. The van der Waals surface area contributed by atoms with E-state index < -0.39 is 5.41 Å². The number of anilines is 2. The minimum absolute atomic E-state index is 0.203. The third kappa shape index (κ3) is 6.86. The van der Waals surface area contributed by atoms with Gasteiger partial charge in [-0.2, -0.15) is 0 Å². The van der Waals surface area contributed by atoms with Crippen molar-refractivity contribution < 1.29 is 4.79 Å². The number of carbonyl (C=O) groups is 1. The van der Waals surface area contributed by atoms with Gasteiger partial charge in [0.15, 0.2) is 0 Å². The summed E-state index contributed by atoms with van der Waals surface area (Å²) in [5.74, 6) is 7.09. The van der Waals surface area contributed by atoms with Crippen LogP contribution in [0.4, 0.5) is 16.2 Å². The Kier molecular flexibility index (Phi) is 10.9. The predicted molar refractivity (Wildman–Crippen MR) is 188 cm³/mol. The van der Waals surface area contributed by atoms with E-state index in [9.17, 15) is 9.59 Å². The van der Waals surface area contributed by atoms with E-state index >= 15 is 0 Å². The van der Waals surface area contributed by atoms with Crippen LogP contribution >= 0.6 is 0 Å². The van der Waals surface area contributed by atoms with Crippen LogP contribution in [0.5, 0.6) is 0 Å². The number of nitrogens with one attached hydrogen (secondary N) is 2. The maximum absolute atomic E-state index is 14.6. The fourth-order valence-corrected chi connectivity index (χ4v) is 6.44. The van der Waals surface area contributed by atoms with Crippen LogP contribution in [0.25, 0.3) is 11.0 Å². The van der Waals surface area contributed by atoms with Crippen LogP contribution in [0.1, 0.15) is 103 Å². The average molecular weight is 608 g/mol. The number of H-pyrrole nitrogens is 1. The number of aromatic nitrogens is 2. The smallest absolute Gasteiger partial charge is 0.326 e. The first kappa shape index (κ1) is 33.6. The molecule has 2 N–H and O–H groups in total. The summed E-state index contributed by atoms with van der Waals surface area (Å²) in [6.07, 6.45) is 10.1. The number of hydrogen-bond donors (Lipinski definition) is 2. The minimum Gasteiger partial charge on any atom is -0.375 e. The molecule has 238 valence electrons. The Hall–Kier alpha value is -4.31. The second-order valence-corrected chi connectivity index (χ2v) is 12.3. The molecule has 0 saturated heterocycles. The van der Waals surface area contributed by atoms with Crippen molar-refractivity contribution in [2.45, 2.75) is 91.9 Å². The van der Waals surface area contributed by atoms with E-state index in [-0.39, 0.29) is 23.4 Å². The number of aromatic amines is 1. The van der Waals surface area contributed by atoms with Gasteiger partial charge in [0.1, 0.15) is 11.3 Å². The van der Waals surface area contributed by atoms with Crippen LogP contribution in [-0.2, 0) is 5.41 Å². The zero-order chi connectivity index (χ0) is 32.7. The first-order chi connectivity index (χ1) is 21.6. The number of nitrogens with zero attached hydrogens (tertiary/aromatic N) is 3. The number of amides is 2. The molecule has 3 aromatic rings. The van der Waals surface area contributed by atoms with Gasteiger partial charge < -0.3 is 15.2 Å². The molecule has 1 aromatic carbocycles. The molecule has 4 rings (SSSR count). The summed E-state index contributed by atoms with van der Waals surface area (Å²) < 4.78 is 0. The first-order valence-electron chi connectivity index (χ1n) is 16.4. The van der Waals surface area contributed by atoms with Gasteiger partial charge >= 0.3 is 6.03 Å². The molecular weight excluding hydrogens is 558 g/mol. The van der Waals surface area contributed by atoms with Gasteiger partial charge in [0.25, 0.3) is 5.56 Å². The van der Waals surface area contributed by atoms with Crippen molar-refractivity contribution in [2.75, 3.05) is 29.9 Å². The number of hydrogen-bond acceptors (Lipinski definition) is 4. The van der Waals surface area contributed by atoms with E-state index in [1.807, 2.05) is 25.1 Å². The standard InChI is InChI=1S/C38H49N5O2/c1-9-13-24-43(37(45)40-33-29(26(5)6)18-14-19-30(33)27(7)8)34-32(31-20-16-23-39-35(31)41-36(34)44)38(21-10-2)22-15-17-28(25-38)42(11-3)12-4/h14-20,22-23,26-27H,9,11-13,24-25H2,1-8H3,(H,40,45)(H,39,41,44). The summed E-state index contributed by atoms with van der Waals surface area (Å²) >= 11 is 0. The van der Waals surface area contributed by atoms with E-state index in [4.69, 9.17) is 0 Å². The largest absolute Gasteiger partial charge is 0.375 e. The highest BCUT2D eigenvalue weighted by molar-refractivity contribution is 6.05. The number of rotatable bonds is 11. The van der Waals surface area contributed by atoms with Gasteiger partial charge in [0, 0.05) is 54.6 Å². The Balaban J connectivity index is 2.00. The minimum atomic E-state index is -0.851. The Morgan fingerprint density at radius 2 is 1.76 bits per heavy atom. The summed E-state index contributed by atoms with van der Waals surface area (Å²) in [4.78, 5) is 40.4. The Morgan fingerprint density at radius 1 is 1.07 bits per heavy atom. The predicted octanol–water partition coefficient (Wildman–Crippen LogP) is 8.46. The number of allylic oxidation sites excluding steroid dienone is 4. The highest BCUT2D eigenvalue weighted by Crippen LogP contribution is 2.43. The van der Waals surface area contributed by atoms with Gasteiger partial charge in [-0.15, -0.1) is 5.92 Å². The normalized spacial score (nSPS) is 16.0. The maximum atomic E-state index is 14.6. The van der Waals surface area contributed by atoms with Gasteiger partial charge in [-0.3, -0.25) is 9.69 Å². The second kappa shape index (κ2) is 14.6. The summed E-state index contributed by atoms with van der Waals surface area (Å²) in [5.41, 5.74) is 4.41. The highest BCUT2D eigenvalue weighted by Gasteiger charge is 2.39. The number of benzene rings is 1. The molecule has 1 aliphatic rings. The molecule has 7 nitrogen and oxygen atoms in total. The van der Waals surface area contributed by atoms with Crippen molar-refractivity contribution in [3.63, 3.8) is 0 Å². The molecule has 0 saturated carbocycles. The van der Waals surface area contributed by atoms with Crippen LogP contribution in [0.15, 0.2) is 65.2 Å². The zero-order valence-electron chi connectivity index (χ0n) is 28.3. The van der Waals surface area contributed by atoms with Crippen LogP contribution in [-0.4, -0.2) is 40.5 Å². The summed E-state index contributed by atoms with van der Waals surface area (Å²) in [5, 5.41) is 4.07. The molecule has 0 spiro atoms. The monoisotopic (exact) mass is 607 g/mol. The second-order valence-electron chi connectivity index (χ2n) is 12.3. The fourth-order valence-electron chi connectivity index (χ4n) is 6.44. The van der Waals surface area contributed by atoms with Crippen LogP contribution < -0.4 is 15.8 Å². The molecule has 0 aliphatic heterocycles. The molecule has 0 fully saturated rings. The molecule has 7 heteroatoms. The zero-order valence-corrected chi connectivity index (χ0v) is 28.3. The molecule has 1 atom stereocenters. The summed E-state index contributed by atoms with van der Waals surface area (Å²) in [6, 6.07) is 9.72. The van der Waals surface area contributed by atoms with E-state index in [0.29, 0.717) is 29.9 Å². The van der Waals surface area contributed by atoms with Crippen molar-refractivity contribution >= 4 is 28.4 Å². The van der Waals surface area contributed by atoms with Gasteiger partial charge in [-0.25, -0.2) is 9.78 Å². The molecule has 2 heterocycles. The third-order valence-electron chi connectivity index (χ3n) is 8.71. The Bertz CT molecular complexity index is 1670. The number of pyridine rings is 2. The number of urea groups is 1. The van der Waals surface area contributed by atoms with E-state index in [1.165, 1.54) is 0 Å². The number of fused-ring (bicyclic) bond motifs is 1. The molecular formula is C38H49N5O2. The number of unbranched alkanes of at least 4 members (excludes halogenated alkanes) is 1. The van der Waals surface area contributed by atoms with Crippen LogP contribution in [0.3, 0.4) is 0 Å². The fraction of sp³-hybridized carbons (Fsp3) is 0.447. The average Bonchev–Trinajstić information content (AvgIpc) is 3.02. The number of carbonyl (C=O) groups excluding carboxylic acids is 1. The van der Waals surface area contributed by atoms with Gasteiger partial charge in [-0.05, 0) is 68.4 Å². The van der Waals surface area contributed by atoms with Crippen LogP contribution in [0.2, 0.25) is 0 Å². The SMILES string of the molecule is CC#CC1(c2c(N(CCCC)C(=O)Nc3c(C(C)C)cccc3C(C)C)c(=O)[nH]c3ncccc23)C=CC=C(N(CC)CC)C1. The lowest BCUT2D eigenvalue weighted by Gasteiger charge is -2.37. The third-order valence-corrected chi connectivity index (χ3v) is 8.71. The van der Waals surface area contributed by atoms with Crippen LogP contribution in [0, 0.1) is 11.8 Å². The Labute approximate surface area is 268 Å². The lowest BCUT2D eigenvalue weighted by Crippen LogP contribution is -2.43. The van der Waals surface area contributed by atoms with Crippen molar-refractivity contribution in [2.24, 2.45) is 0 Å². The molecule has 2 amide bonds.